The number of nitrogens with one attached hydrogen (secondary N) is 2. The molecule has 1 fully saturated rings. The second-order valence-electron chi connectivity index (χ2n) is 7.19. The summed E-state index contributed by atoms with van der Waals surface area (Å²) >= 11 is 0. The average molecular weight is 445 g/mol. The van der Waals surface area contributed by atoms with Gasteiger partial charge in [-0.2, -0.15) is 0 Å². The van der Waals surface area contributed by atoms with Gasteiger partial charge in [0.2, 0.25) is 23.6 Å². The number of carbonyl (C=O) groups is 6. The zero-order valence-corrected chi connectivity index (χ0v) is 16.8. The SMILES string of the molecule is CC(O)C(NC(=O)C(N)CC(N)=O)C(=O)NC(CC(=O)O)C(=O)N1CCCC1C(=O)O. The molecule has 1 aliphatic rings. The summed E-state index contributed by atoms with van der Waals surface area (Å²) in [5, 5.41) is 32.4. The van der Waals surface area contributed by atoms with E-state index in [0.717, 1.165) is 11.8 Å². The van der Waals surface area contributed by atoms with E-state index in [1.807, 2.05) is 0 Å². The van der Waals surface area contributed by atoms with Gasteiger partial charge < -0.3 is 42.3 Å². The van der Waals surface area contributed by atoms with Gasteiger partial charge in [0, 0.05) is 6.54 Å². The molecule has 14 heteroatoms. The molecule has 0 radical (unpaired) electrons. The van der Waals surface area contributed by atoms with E-state index in [-0.39, 0.29) is 13.0 Å². The standard InChI is InChI=1S/C17H27N5O9/c1-7(23)13(21-14(27)8(18)5-11(19)24)15(28)20-9(6-12(25)26)16(29)22-4-2-3-10(22)17(30)31/h7-10,13,23H,2-6,18H2,1H3,(H2,19,24)(H,20,28)(H,21,27)(H,25,26)(H,30,31). The van der Waals surface area contributed by atoms with Crippen LogP contribution in [0.2, 0.25) is 0 Å². The first-order valence-electron chi connectivity index (χ1n) is 9.42. The predicted octanol–water partition coefficient (Wildman–Crippen LogP) is -3.91. The Morgan fingerprint density at radius 2 is 1.68 bits per heavy atom. The van der Waals surface area contributed by atoms with E-state index in [1.165, 1.54) is 0 Å². The number of hydrogen-bond acceptors (Lipinski definition) is 8. The third-order valence-corrected chi connectivity index (χ3v) is 4.63. The maximum Gasteiger partial charge on any atom is 0.326 e. The highest BCUT2D eigenvalue weighted by Crippen LogP contribution is 2.19. The summed E-state index contributed by atoms with van der Waals surface area (Å²) in [4.78, 5) is 71.7. The van der Waals surface area contributed by atoms with Crippen LogP contribution in [-0.4, -0.2) is 92.6 Å². The fourth-order valence-corrected chi connectivity index (χ4v) is 3.10. The van der Waals surface area contributed by atoms with Crippen LogP contribution in [0.4, 0.5) is 0 Å². The number of carbonyl (C=O) groups excluding carboxylic acids is 4. The zero-order chi connectivity index (χ0) is 23.9. The van der Waals surface area contributed by atoms with Gasteiger partial charge in [-0.3, -0.25) is 24.0 Å². The average Bonchev–Trinajstić information content (AvgIpc) is 3.13. The van der Waals surface area contributed by atoms with Crippen molar-refractivity contribution in [2.75, 3.05) is 6.54 Å². The van der Waals surface area contributed by atoms with Gasteiger partial charge >= 0.3 is 11.9 Å². The number of likely N-dealkylation sites (tertiary alicyclic amines) is 1. The number of nitrogens with zero attached hydrogens (tertiary/aromatic N) is 1. The van der Waals surface area contributed by atoms with Gasteiger partial charge in [0.25, 0.3) is 0 Å². The predicted molar refractivity (Wildman–Crippen MR) is 102 cm³/mol. The number of carboxylic acid groups (broad SMARTS) is 2. The van der Waals surface area contributed by atoms with Gasteiger partial charge in [-0.05, 0) is 19.8 Å². The molecule has 5 unspecified atom stereocenters. The van der Waals surface area contributed by atoms with Crippen LogP contribution in [0.25, 0.3) is 0 Å². The minimum absolute atomic E-state index is 0.0698. The summed E-state index contributed by atoms with van der Waals surface area (Å²) in [6.07, 6.45) is -2.29. The minimum Gasteiger partial charge on any atom is -0.481 e. The van der Waals surface area contributed by atoms with Gasteiger partial charge in [-0.25, -0.2) is 4.79 Å². The molecule has 4 amide bonds. The van der Waals surface area contributed by atoms with E-state index in [4.69, 9.17) is 16.6 Å². The van der Waals surface area contributed by atoms with Gasteiger partial charge in [0.1, 0.15) is 18.1 Å². The Morgan fingerprint density at radius 3 is 2.16 bits per heavy atom. The molecule has 1 rings (SSSR count). The van der Waals surface area contributed by atoms with Crippen LogP contribution >= 0.6 is 0 Å². The Kier molecular flexibility index (Phi) is 9.33. The Labute approximate surface area is 176 Å². The van der Waals surface area contributed by atoms with Crippen molar-refractivity contribution in [3.8, 4) is 0 Å². The van der Waals surface area contributed by atoms with Crippen molar-refractivity contribution in [2.45, 2.75) is 62.9 Å². The molecular formula is C17H27N5O9. The third-order valence-electron chi connectivity index (χ3n) is 4.63. The molecule has 0 aromatic heterocycles. The first-order valence-corrected chi connectivity index (χ1v) is 9.42. The molecule has 0 spiro atoms. The Hall–Kier alpha value is -3.26. The lowest BCUT2D eigenvalue weighted by Crippen LogP contribution is -2.60. The molecule has 0 aromatic carbocycles. The molecule has 1 saturated heterocycles. The van der Waals surface area contributed by atoms with Crippen LogP contribution in [0, 0.1) is 0 Å². The number of primary amides is 1. The van der Waals surface area contributed by atoms with E-state index in [2.05, 4.69) is 10.6 Å². The number of amides is 4. The first kappa shape index (κ1) is 25.8. The third kappa shape index (κ3) is 7.49. The van der Waals surface area contributed by atoms with Crippen LogP contribution in [0.3, 0.4) is 0 Å². The Balaban J connectivity index is 2.98. The van der Waals surface area contributed by atoms with Crippen molar-refractivity contribution in [3.63, 3.8) is 0 Å². The smallest absolute Gasteiger partial charge is 0.326 e. The van der Waals surface area contributed by atoms with Gasteiger partial charge in [-0.15, -0.1) is 0 Å². The quantitative estimate of drug-likeness (QED) is 0.163. The Bertz CT molecular complexity index is 742. The van der Waals surface area contributed by atoms with Crippen LogP contribution in [-0.2, 0) is 28.8 Å². The van der Waals surface area contributed by atoms with E-state index >= 15 is 0 Å². The fourth-order valence-electron chi connectivity index (χ4n) is 3.10. The van der Waals surface area contributed by atoms with E-state index in [1.54, 1.807) is 0 Å². The number of carboxylic acids is 2. The lowest BCUT2D eigenvalue weighted by atomic mass is 10.1. The maximum absolute atomic E-state index is 12.7. The zero-order valence-electron chi connectivity index (χ0n) is 16.8. The van der Waals surface area contributed by atoms with Crippen LogP contribution in [0.5, 0.6) is 0 Å². The summed E-state index contributed by atoms with van der Waals surface area (Å²) in [5.74, 6) is -6.56. The highest BCUT2D eigenvalue weighted by atomic mass is 16.4. The van der Waals surface area contributed by atoms with Gasteiger partial charge in [-0.1, -0.05) is 0 Å². The molecule has 9 N–H and O–H groups in total. The van der Waals surface area contributed by atoms with Crippen molar-refractivity contribution in [1.82, 2.24) is 15.5 Å². The molecule has 31 heavy (non-hydrogen) atoms. The maximum atomic E-state index is 12.7. The van der Waals surface area contributed by atoms with Crippen molar-refractivity contribution in [1.29, 1.82) is 0 Å². The van der Waals surface area contributed by atoms with Gasteiger partial charge in [0.15, 0.2) is 0 Å². The molecule has 1 aliphatic heterocycles. The van der Waals surface area contributed by atoms with Crippen LogP contribution in [0.1, 0.15) is 32.6 Å². The fraction of sp³-hybridized carbons (Fsp3) is 0.647. The second kappa shape index (κ2) is 11.2. The summed E-state index contributed by atoms with van der Waals surface area (Å²) in [7, 11) is 0. The molecule has 0 aromatic rings. The summed E-state index contributed by atoms with van der Waals surface area (Å²) < 4.78 is 0. The molecule has 0 saturated carbocycles. The molecular weight excluding hydrogens is 418 g/mol. The normalized spacial score (nSPS) is 19.6. The second-order valence-corrected chi connectivity index (χ2v) is 7.19. The highest BCUT2D eigenvalue weighted by molar-refractivity contribution is 5.96. The molecule has 0 aliphatic carbocycles. The number of aliphatic carboxylic acids is 2. The molecule has 1 heterocycles. The van der Waals surface area contributed by atoms with E-state index < -0.39 is 78.7 Å². The first-order chi connectivity index (χ1) is 14.3. The molecule has 14 nitrogen and oxygen atoms in total. The van der Waals surface area contributed by atoms with Crippen LogP contribution < -0.4 is 22.1 Å². The summed E-state index contributed by atoms with van der Waals surface area (Å²) in [5.41, 5.74) is 10.4. The van der Waals surface area contributed by atoms with Crippen LogP contribution in [0.15, 0.2) is 0 Å². The lowest BCUT2D eigenvalue weighted by molar-refractivity contribution is -0.150. The molecule has 5 atom stereocenters. The topological polar surface area (TPSA) is 242 Å². The van der Waals surface area contributed by atoms with Crippen molar-refractivity contribution in [2.24, 2.45) is 11.5 Å². The number of aliphatic hydroxyl groups excluding tert-OH is 1. The largest absolute Gasteiger partial charge is 0.481 e. The Morgan fingerprint density at radius 1 is 1.06 bits per heavy atom. The minimum atomic E-state index is -1.64. The number of nitrogens with two attached hydrogens (primary N) is 2. The molecule has 0 bridgehead atoms. The van der Waals surface area contributed by atoms with Crippen molar-refractivity contribution < 1.29 is 44.1 Å². The van der Waals surface area contributed by atoms with Crippen molar-refractivity contribution >= 4 is 35.6 Å². The molecule has 174 valence electrons. The number of aliphatic hydroxyl groups is 1. The summed E-state index contributed by atoms with van der Waals surface area (Å²) in [6, 6.07) is -5.82. The van der Waals surface area contributed by atoms with E-state index in [0.29, 0.717) is 6.42 Å². The van der Waals surface area contributed by atoms with E-state index in [9.17, 15) is 39.0 Å². The number of rotatable bonds is 11. The summed E-state index contributed by atoms with van der Waals surface area (Å²) in [6.45, 7) is 1.22. The highest BCUT2D eigenvalue weighted by Gasteiger charge is 2.39. The number of hydrogen-bond donors (Lipinski definition) is 7. The lowest BCUT2D eigenvalue weighted by Gasteiger charge is -2.29. The van der Waals surface area contributed by atoms with Gasteiger partial charge in [0.05, 0.1) is 25.0 Å². The van der Waals surface area contributed by atoms with Crippen molar-refractivity contribution in [3.05, 3.63) is 0 Å². The monoisotopic (exact) mass is 445 g/mol.